The van der Waals surface area contributed by atoms with E-state index in [0.717, 1.165) is 6.42 Å². The quantitative estimate of drug-likeness (QED) is 0.809. The summed E-state index contributed by atoms with van der Waals surface area (Å²) in [6.07, 6.45) is 0.803. The van der Waals surface area contributed by atoms with Gasteiger partial charge in [-0.15, -0.1) is 0 Å². The zero-order valence-corrected chi connectivity index (χ0v) is 9.68. The lowest BCUT2D eigenvalue weighted by Crippen LogP contribution is -2.16. The van der Waals surface area contributed by atoms with Gasteiger partial charge in [0.05, 0.1) is 32.6 Å². The van der Waals surface area contributed by atoms with Gasteiger partial charge in [0.1, 0.15) is 0 Å². The fourth-order valence-electron chi connectivity index (χ4n) is 1.59. The second-order valence-electron chi connectivity index (χ2n) is 3.44. The van der Waals surface area contributed by atoms with E-state index in [-0.39, 0.29) is 5.25 Å². The van der Waals surface area contributed by atoms with E-state index in [1.165, 1.54) is 0 Å². The summed E-state index contributed by atoms with van der Waals surface area (Å²) < 4.78 is 17.4. The Morgan fingerprint density at radius 3 is 2.93 bits per heavy atom. The number of ether oxygens (including phenoxy) is 1. The van der Waals surface area contributed by atoms with Crippen LogP contribution in [0.4, 0.5) is 5.69 Å². The van der Waals surface area contributed by atoms with E-state index in [1.54, 1.807) is 18.2 Å². The normalized spacial score (nSPS) is 22.9. The first-order valence-electron chi connectivity index (χ1n) is 4.72. The lowest BCUT2D eigenvalue weighted by atomic mass is 10.3. The Labute approximate surface area is 96.0 Å². The molecule has 5 heteroatoms. The fraction of sp³-hybridized carbons (Fsp3) is 0.400. The number of hydrogen-bond acceptors (Lipinski definition) is 3. The third-order valence-electron chi connectivity index (χ3n) is 2.39. The highest BCUT2D eigenvalue weighted by molar-refractivity contribution is 7.86. The van der Waals surface area contributed by atoms with Crippen LogP contribution in [0.1, 0.15) is 6.42 Å². The monoisotopic (exact) mass is 245 g/mol. The molecule has 0 saturated carbocycles. The number of rotatable bonds is 2. The van der Waals surface area contributed by atoms with Crippen molar-refractivity contribution in [1.29, 1.82) is 0 Å². The standard InChI is InChI=1S/C10H12ClNO2S/c11-8-2-1-3-9(12)10(8)15(13)7-4-5-14-6-7/h1-3,7H,4-6,12H2. The van der Waals surface area contributed by atoms with Crippen LogP contribution < -0.4 is 5.73 Å². The van der Waals surface area contributed by atoms with Crippen LogP contribution in [0.15, 0.2) is 23.1 Å². The molecular formula is C10H12ClNO2S. The highest BCUT2D eigenvalue weighted by atomic mass is 35.5. The summed E-state index contributed by atoms with van der Waals surface area (Å²) in [6.45, 7) is 1.19. The topological polar surface area (TPSA) is 52.3 Å². The van der Waals surface area contributed by atoms with Gasteiger partial charge < -0.3 is 10.5 Å². The molecule has 0 radical (unpaired) electrons. The van der Waals surface area contributed by atoms with Gasteiger partial charge in [-0.1, -0.05) is 17.7 Å². The third kappa shape index (κ3) is 2.17. The number of benzene rings is 1. The minimum Gasteiger partial charge on any atom is -0.398 e. The van der Waals surface area contributed by atoms with E-state index in [9.17, 15) is 4.21 Å². The van der Waals surface area contributed by atoms with Crippen molar-refractivity contribution >= 4 is 28.1 Å². The maximum Gasteiger partial charge on any atom is 0.0807 e. The van der Waals surface area contributed by atoms with Crippen molar-refractivity contribution in [2.24, 2.45) is 0 Å². The molecule has 0 bridgehead atoms. The van der Waals surface area contributed by atoms with E-state index in [2.05, 4.69) is 0 Å². The molecule has 1 aromatic rings. The molecule has 2 N–H and O–H groups in total. The third-order valence-corrected chi connectivity index (χ3v) is 4.65. The Kier molecular flexibility index (Phi) is 3.29. The van der Waals surface area contributed by atoms with Crippen molar-refractivity contribution in [3.63, 3.8) is 0 Å². The molecule has 1 aliphatic rings. The fourth-order valence-corrected chi connectivity index (χ4v) is 3.42. The second kappa shape index (κ2) is 4.51. The Balaban J connectivity index is 2.32. The highest BCUT2D eigenvalue weighted by Gasteiger charge is 2.26. The second-order valence-corrected chi connectivity index (χ2v) is 5.52. The molecule has 0 amide bonds. The van der Waals surface area contributed by atoms with Gasteiger partial charge in [0.15, 0.2) is 0 Å². The Morgan fingerprint density at radius 2 is 2.33 bits per heavy atom. The Morgan fingerprint density at radius 1 is 1.53 bits per heavy atom. The molecule has 1 aromatic carbocycles. The van der Waals surface area contributed by atoms with Gasteiger partial charge in [0, 0.05) is 12.3 Å². The van der Waals surface area contributed by atoms with Gasteiger partial charge in [-0.3, -0.25) is 4.21 Å². The minimum absolute atomic E-state index is 0.0206. The first kappa shape index (κ1) is 10.9. The highest BCUT2D eigenvalue weighted by Crippen LogP contribution is 2.29. The first-order valence-corrected chi connectivity index (χ1v) is 6.31. The van der Waals surface area contributed by atoms with E-state index in [1.807, 2.05) is 0 Å². The van der Waals surface area contributed by atoms with Gasteiger partial charge >= 0.3 is 0 Å². The van der Waals surface area contributed by atoms with Crippen molar-refractivity contribution in [2.45, 2.75) is 16.6 Å². The Hall–Kier alpha value is -0.580. The van der Waals surface area contributed by atoms with Crippen molar-refractivity contribution in [1.82, 2.24) is 0 Å². The number of nitrogens with two attached hydrogens (primary N) is 1. The van der Waals surface area contributed by atoms with E-state index < -0.39 is 10.8 Å². The lowest BCUT2D eigenvalue weighted by molar-refractivity contribution is 0.199. The summed E-state index contributed by atoms with van der Waals surface area (Å²) in [4.78, 5) is 0.551. The van der Waals surface area contributed by atoms with Crippen molar-refractivity contribution in [2.75, 3.05) is 18.9 Å². The molecule has 1 saturated heterocycles. The minimum atomic E-state index is -1.16. The SMILES string of the molecule is Nc1cccc(Cl)c1S(=O)C1CCOC1. The van der Waals surface area contributed by atoms with Gasteiger partial charge in [0.25, 0.3) is 0 Å². The van der Waals surface area contributed by atoms with Crippen LogP contribution in [0.25, 0.3) is 0 Å². The molecule has 15 heavy (non-hydrogen) atoms. The van der Waals surface area contributed by atoms with Gasteiger partial charge in [-0.2, -0.15) is 0 Å². The molecule has 1 heterocycles. The smallest absolute Gasteiger partial charge is 0.0807 e. The largest absolute Gasteiger partial charge is 0.398 e. The molecule has 0 aliphatic carbocycles. The van der Waals surface area contributed by atoms with Gasteiger partial charge in [-0.05, 0) is 18.6 Å². The number of hydrogen-bond donors (Lipinski definition) is 1. The number of halogens is 1. The molecular weight excluding hydrogens is 234 g/mol. The average molecular weight is 246 g/mol. The summed E-state index contributed by atoms with van der Waals surface area (Å²) in [5.41, 5.74) is 6.26. The molecule has 2 rings (SSSR count). The summed E-state index contributed by atoms with van der Waals surface area (Å²) >= 11 is 5.99. The van der Waals surface area contributed by atoms with Crippen molar-refractivity contribution in [3.8, 4) is 0 Å². The zero-order valence-electron chi connectivity index (χ0n) is 8.11. The van der Waals surface area contributed by atoms with Crippen LogP contribution in [0.2, 0.25) is 5.02 Å². The number of nitrogen functional groups attached to an aromatic ring is 1. The van der Waals surface area contributed by atoms with E-state index in [0.29, 0.717) is 28.8 Å². The molecule has 2 atom stereocenters. The van der Waals surface area contributed by atoms with Crippen molar-refractivity contribution in [3.05, 3.63) is 23.2 Å². The molecule has 0 aromatic heterocycles. The zero-order chi connectivity index (χ0) is 10.8. The van der Waals surface area contributed by atoms with Crippen LogP contribution in [-0.4, -0.2) is 22.7 Å². The first-order chi connectivity index (χ1) is 7.20. The van der Waals surface area contributed by atoms with Crippen LogP contribution in [0, 0.1) is 0 Å². The molecule has 1 fully saturated rings. The molecule has 3 nitrogen and oxygen atoms in total. The predicted octanol–water partition coefficient (Wildman–Crippen LogP) is 1.82. The maximum absolute atomic E-state index is 12.2. The van der Waals surface area contributed by atoms with Gasteiger partial charge in [0.2, 0.25) is 0 Å². The summed E-state index contributed by atoms with van der Waals surface area (Å²) in [7, 11) is -1.16. The summed E-state index contributed by atoms with van der Waals surface area (Å²) in [6, 6.07) is 5.18. The Bertz CT molecular complexity index is 371. The van der Waals surface area contributed by atoms with Crippen LogP contribution in [-0.2, 0) is 15.5 Å². The average Bonchev–Trinajstić information content (AvgIpc) is 2.69. The molecule has 0 spiro atoms. The lowest BCUT2D eigenvalue weighted by Gasteiger charge is -2.11. The van der Waals surface area contributed by atoms with E-state index >= 15 is 0 Å². The molecule has 82 valence electrons. The maximum atomic E-state index is 12.2. The summed E-state index contributed by atoms with van der Waals surface area (Å²) in [5, 5.41) is 0.493. The van der Waals surface area contributed by atoms with Crippen LogP contribution >= 0.6 is 11.6 Å². The van der Waals surface area contributed by atoms with Crippen LogP contribution in [0.3, 0.4) is 0 Å². The van der Waals surface area contributed by atoms with Gasteiger partial charge in [-0.25, -0.2) is 0 Å². The predicted molar refractivity (Wildman–Crippen MR) is 61.5 cm³/mol. The molecule has 2 unspecified atom stereocenters. The van der Waals surface area contributed by atoms with Crippen LogP contribution in [0.5, 0.6) is 0 Å². The van der Waals surface area contributed by atoms with Crippen molar-refractivity contribution < 1.29 is 8.95 Å². The van der Waals surface area contributed by atoms with E-state index in [4.69, 9.17) is 22.1 Å². The number of anilines is 1. The summed E-state index contributed by atoms with van der Waals surface area (Å²) in [5.74, 6) is 0. The molecule has 1 aliphatic heterocycles.